The first-order valence-electron chi connectivity index (χ1n) is 7.62. The summed E-state index contributed by atoms with van der Waals surface area (Å²) in [6.45, 7) is 15.4. The lowest BCUT2D eigenvalue weighted by Gasteiger charge is -2.38. The summed E-state index contributed by atoms with van der Waals surface area (Å²) >= 11 is 0. The molecule has 18 heavy (non-hydrogen) atoms. The number of ether oxygens (including phenoxy) is 1. The highest BCUT2D eigenvalue weighted by molar-refractivity contribution is 4.81. The molecular weight excluding hydrogens is 224 g/mol. The molecular formula is C15H32N2O. The van der Waals surface area contributed by atoms with Gasteiger partial charge in [0.1, 0.15) is 0 Å². The Bertz CT molecular complexity index is 209. The van der Waals surface area contributed by atoms with Gasteiger partial charge in [0.05, 0.1) is 6.61 Å². The summed E-state index contributed by atoms with van der Waals surface area (Å²) in [7, 11) is 0. The fourth-order valence-corrected chi connectivity index (χ4v) is 2.77. The Hall–Kier alpha value is -0.120. The summed E-state index contributed by atoms with van der Waals surface area (Å²) in [4.78, 5) is 2.65. The van der Waals surface area contributed by atoms with Gasteiger partial charge >= 0.3 is 0 Å². The van der Waals surface area contributed by atoms with Gasteiger partial charge in [0.15, 0.2) is 0 Å². The molecule has 0 spiro atoms. The van der Waals surface area contributed by atoms with Crippen molar-refractivity contribution in [2.24, 2.45) is 5.92 Å². The van der Waals surface area contributed by atoms with E-state index in [2.05, 4.69) is 44.8 Å². The van der Waals surface area contributed by atoms with Crippen LogP contribution in [-0.4, -0.2) is 49.3 Å². The maximum Gasteiger partial charge on any atom is 0.0624 e. The maximum absolute atomic E-state index is 5.68. The van der Waals surface area contributed by atoms with Gasteiger partial charge in [-0.1, -0.05) is 13.8 Å². The van der Waals surface area contributed by atoms with Crippen molar-refractivity contribution in [3.63, 3.8) is 0 Å². The minimum Gasteiger partial charge on any atom is -0.380 e. The third-order valence-corrected chi connectivity index (χ3v) is 4.00. The first kappa shape index (κ1) is 15.9. The molecule has 1 saturated heterocycles. The molecule has 3 atom stereocenters. The molecule has 0 saturated carbocycles. The van der Waals surface area contributed by atoms with E-state index in [1.54, 1.807) is 0 Å². The number of nitrogens with zero attached hydrogens (tertiary/aromatic N) is 1. The Labute approximate surface area is 113 Å². The van der Waals surface area contributed by atoms with Gasteiger partial charge in [-0.3, -0.25) is 4.90 Å². The summed E-state index contributed by atoms with van der Waals surface area (Å²) < 4.78 is 5.68. The molecule has 3 heteroatoms. The molecule has 0 bridgehead atoms. The van der Waals surface area contributed by atoms with Gasteiger partial charge in [0, 0.05) is 37.8 Å². The fraction of sp³-hybridized carbons (Fsp3) is 1.00. The van der Waals surface area contributed by atoms with Gasteiger partial charge in [-0.05, 0) is 39.5 Å². The quantitative estimate of drug-likeness (QED) is 0.818. The SMILES string of the molecule is CCOCC(C(C)C)N1CCC(C)NC(C)CC1. The van der Waals surface area contributed by atoms with Crippen LogP contribution in [0.2, 0.25) is 0 Å². The molecule has 3 nitrogen and oxygen atoms in total. The molecule has 108 valence electrons. The van der Waals surface area contributed by atoms with Crippen molar-refractivity contribution in [1.29, 1.82) is 0 Å². The summed E-state index contributed by atoms with van der Waals surface area (Å²) in [5, 5.41) is 3.66. The Morgan fingerprint density at radius 2 is 1.72 bits per heavy atom. The summed E-state index contributed by atoms with van der Waals surface area (Å²) in [6.07, 6.45) is 2.47. The Morgan fingerprint density at radius 1 is 1.17 bits per heavy atom. The van der Waals surface area contributed by atoms with E-state index in [9.17, 15) is 0 Å². The smallest absolute Gasteiger partial charge is 0.0624 e. The summed E-state index contributed by atoms with van der Waals surface area (Å²) in [6, 6.07) is 1.83. The van der Waals surface area contributed by atoms with E-state index in [1.807, 2.05) is 0 Å². The molecule has 0 amide bonds. The third-order valence-electron chi connectivity index (χ3n) is 4.00. The van der Waals surface area contributed by atoms with Gasteiger partial charge in [0.2, 0.25) is 0 Å². The van der Waals surface area contributed by atoms with E-state index in [-0.39, 0.29) is 0 Å². The molecule has 0 aromatic heterocycles. The van der Waals surface area contributed by atoms with E-state index in [0.717, 1.165) is 13.2 Å². The Kier molecular flexibility index (Phi) is 7.20. The molecule has 0 aromatic carbocycles. The molecule has 3 unspecified atom stereocenters. The van der Waals surface area contributed by atoms with Crippen LogP contribution in [0.25, 0.3) is 0 Å². The largest absolute Gasteiger partial charge is 0.380 e. The van der Waals surface area contributed by atoms with Gasteiger partial charge in [-0.15, -0.1) is 0 Å². The average molecular weight is 256 g/mol. The second-order valence-corrected chi connectivity index (χ2v) is 6.05. The monoisotopic (exact) mass is 256 g/mol. The van der Waals surface area contributed by atoms with Crippen molar-refractivity contribution < 1.29 is 4.74 Å². The Morgan fingerprint density at radius 3 is 2.17 bits per heavy atom. The van der Waals surface area contributed by atoms with Crippen LogP contribution in [0.5, 0.6) is 0 Å². The van der Waals surface area contributed by atoms with Crippen molar-refractivity contribution in [2.45, 2.75) is 65.6 Å². The van der Waals surface area contributed by atoms with Crippen LogP contribution in [-0.2, 0) is 4.74 Å². The zero-order chi connectivity index (χ0) is 13.5. The number of hydrogen-bond donors (Lipinski definition) is 1. The lowest BCUT2D eigenvalue weighted by molar-refractivity contribution is 0.0369. The average Bonchev–Trinajstić information content (AvgIpc) is 2.29. The van der Waals surface area contributed by atoms with Crippen molar-refractivity contribution in [3.8, 4) is 0 Å². The summed E-state index contributed by atoms with van der Waals surface area (Å²) in [5.74, 6) is 0.662. The van der Waals surface area contributed by atoms with E-state index >= 15 is 0 Å². The van der Waals surface area contributed by atoms with E-state index < -0.39 is 0 Å². The molecule has 1 N–H and O–H groups in total. The van der Waals surface area contributed by atoms with E-state index in [1.165, 1.54) is 25.9 Å². The van der Waals surface area contributed by atoms with Crippen molar-refractivity contribution in [1.82, 2.24) is 10.2 Å². The second-order valence-electron chi connectivity index (χ2n) is 6.05. The zero-order valence-corrected chi connectivity index (χ0v) is 12.9. The lowest BCUT2D eigenvalue weighted by atomic mass is 10.0. The third kappa shape index (κ3) is 5.25. The first-order chi connectivity index (χ1) is 8.54. The number of rotatable bonds is 5. The highest BCUT2D eigenvalue weighted by atomic mass is 16.5. The summed E-state index contributed by atoms with van der Waals surface area (Å²) in [5.41, 5.74) is 0. The lowest BCUT2D eigenvalue weighted by Crippen LogP contribution is -2.49. The van der Waals surface area contributed by atoms with Crippen LogP contribution < -0.4 is 5.32 Å². The molecule has 1 rings (SSSR count). The topological polar surface area (TPSA) is 24.5 Å². The second kappa shape index (κ2) is 8.13. The van der Waals surface area contributed by atoms with E-state index in [4.69, 9.17) is 4.74 Å². The van der Waals surface area contributed by atoms with Gasteiger partial charge in [-0.25, -0.2) is 0 Å². The Balaban J connectivity index is 2.58. The molecule has 0 radical (unpaired) electrons. The molecule has 1 fully saturated rings. The van der Waals surface area contributed by atoms with E-state index in [0.29, 0.717) is 24.0 Å². The molecule has 1 heterocycles. The molecule has 1 aliphatic heterocycles. The minimum atomic E-state index is 0.572. The number of hydrogen-bond acceptors (Lipinski definition) is 3. The predicted molar refractivity (Wildman–Crippen MR) is 78.0 cm³/mol. The van der Waals surface area contributed by atoms with Crippen LogP contribution in [0, 0.1) is 5.92 Å². The van der Waals surface area contributed by atoms with Crippen LogP contribution in [0.1, 0.15) is 47.5 Å². The van der Waals surface area contributed by atoms with Crippen molar-refractivity contribution in [2.75, 3.05) is 26.3 Å². The number of nitrogens with one attached hydrogen (secondary N) is 1. The minimum absolute atomic E-state index is 0.572. The highest BCUT2D eigenvalue weighted by Crippen LogP contribution is 2.16. The van der Waals surface area contributed by atoms with Crippen LogP contribution in [0.3, 0.4) is 0 Å². The molecule has 0 aliphatic carbocycles. The maximum atomic E-state index is 5.68. The van der Waals surface area contributed by atoms with Gasteiger partial charge in [-0.2, -0.15) is 0 Å². The van der Waals surface area contributed by atoms with Crippen molar-refractivity contribution in [3.05, 3.63) is 0 Å². The van der Waals surface area contributed by atoms with Gasteiger partial charge in [0.25, 0.3) is 0 Å². The van der Waals surface area contributed by atoms with Crippen LogP contribution in [0.15, 0.2) is 0 Å². The first-order valence-corrected chi connectivity index (χ1v) is 7.62. The zero-order valence-electron chi connectivity index (χ0n) is 12.9. The normalized spacial score (nSPS) is 29.0. The van der Waals surface area contributed by atoms with Gasteiger partial charge < -0.3 is 10.1 Å². The van der Waals surface area contributed by atoms with Crippen molar-refractivity contribution >= 4 is 0 Å². The van der Waals surface area contributed by atoms with Crippen LogP contribution in [0.4, 0.5) is 0 Å². The molecule has 1 aliphatic rings. The highest BCUT2D eigenvalue weighted by Gasteiger charge is 2.24. The fourth-order valence-electron chi connectivity index (χ4n) is 2.77. The standard InChI is InChI=1S/C15H32N2O/c1-6-18-11-15(12(2)3)17-9-7-13(4)16-14(5)8-10-17/h12-16H,6-11H2,1-5H3. The molecule has 0 aromatic rings. The van der Waals surface area contributed by atoms with Crippen LogP contribution >= 0.6 is 0 Å². The predicted octanol–water partition coefficient (Wildman–Crippen LogP) is 2.51.